The standard InChI is InChI=1S/C23H32N6O/c1-15(2)23(4,22-28-21(30-29-22)18-6-5-11-26-13-18)20-9-7-17(8-10-20)19(12-24)14-27-16(3)25/h7-10,12,14-15,18,26H,3,5-6,11,13,24-25H2,1-2,4H3/b19-12+,27-14-. The minimum atomic E-state index is -0.380. The van der Waals surface area contributed by atoms with Crippen molar-refractivity contribution in [2.24, 2.45) is 22.4 Å². The van der Waals surface area contributed by atoms with Crippen molar-refractivity contribution >= 4 is 11.8 Å². The van der Waals surface area contributed by atoms with E-state index in [0.29, 0.717) is 0 Å². The summed E-state index contributed by atoms with van der Waals surface area (Å²) in [6.07, 6.45) is 5.32. The SMILES string of the molecule is C=C(N)/N=C\C(=C/N)c1ccc(C(C)(c2noc(C3CCCNC3)n2)C(C)C)cc1. The quantitative estimate of drug-likeness (QED) is 0.606. The molecule has 1 fully saturated rings. The van der Waals surface area contributed by atoms with E-state index < -0.39 is 0 Å². The van der Waals surface area contributed by atoms with E-state index in [-0.39, 0.29) is 23.1 Å². The van der Waals surface area contributed by atoms with Gasteiger partial charge in [-0.05, 0) is 43.4 Å². The molecule has 2 heterocycles. The Morgan fingerprint density at radius 1 is 1.37 bits per heavy atom. The second kappa shape index (κ2) is 9.26. The number of rotatable bonds is 7. The number of piperidine rings is 1. The summed E-state index contributed by atoms with van der Waals surface area (Å²) in [5.74, 6) is 2.24. The lowest BCUT2D eigenvalue weighted by molar-refractivity contribution is 0.309. The first-order valence-electron chi connectivity index (χ1n) is 10.4. The van der Waals surface area contributed by atoms with Crippen molar-refractivity contribution in [3.63, 3.8) is 0 Å². The van der Waals surface area contributed by atoms with Crippen molar-refractivity contribution in [2.45, 2.75) is 44.9 Å². The van der Waals surface area contributed by atoms with E-state index in [9.17, 15) is 0 Å². The van der Waals surface area contributed by atoms with E-state index in [0.717, 1.165) is 54.3 Å². The third kappa shape index (κ3) is 4.46. The highest BCUT2D eigenvalue weighted by Crippen LogP contribution is 2.38. The maximum absolute atomic E-state index is 5.77. The zero-order valence-corrected chi connectivity index (χ0v) is 18.1. The third-order valence-electron chi connectivity index (χ3n) is 6.07. The van der Waals surface area contributed by atoms with Crippen molar-refractivity contribution in [3.05, 3.63) is 65.7 Å². The molecule has 0 amide bonds. The zero-order valence-electron chi connectivity index (χ0n) is 18.1. The molecule has 7 nitrogen and oxygen atoms in total. The number of aromatic nitrogens is 2. The fourth-order valence-corrected chi connectivity index (χ4v) is 3.77. The predicted octanol–water partition coefficient (Wildman–Crippen LogP) is 3.30. The van der Waals surface area contributed by atoms with Crippen LogP contribution in [0.4, 0.5) is 0 Å². The lowest BCUT2D eigenvalue weighted by Crippen LogP contribution is -2.32. The monoisotopic (exact) mass is 408 g/mol. The number of aliphatic imine (C=N–C) groups is 1. The fraction of sp³-hybridized carbons (Fsp3) is 0.435. The summed E-state index contributed by atoms with van der Waals surface area (Å²) in [5, 5.41) is 7.80. The van der Waals surface area contributed by atoms with Gasteiger partial charge in [-0.3, -0.25) is 0 Å². The Kier molecular flexibility index (Phi) is 6.72. The van der Waals surface area contributed by atoms with E-state index in [1.165, 1.54) is 6.20 Å². The molecule has 5 N–H and O–H groups in total. The van der Waals surface area contributed by atoms with Gasteiger partial charge >= 0.3 is 0 Å². The molecule has 2 aromatic rings. The van der Waals surface area contributed by atoms with E-state index in [4.69, 9.17) is 21.0 Å². The maximum Gasteiger partial charge on any atom is 0.231 e. The Balaban J connectivity index is 1.90. The lowest BCUT2D eigenvalue weighted by Gasteiger charge is -2.31. The molecule has 1 saturated heterocycles. The van der Waals surface area contributed by atoms with Crippen molar-refractivity contribution in [1.82, 2.24) is 15.5 Å². The molecule has 0 saturated carbocycles. The number of nitrogens with one attached hydrogen (secondary N) is 1. The first-order chi connectivity index (χ1) is 14.4. The van der Waals surface area contributed by atoms with Crippen LogP contribution in [0, 0.1) is 5.92 Å². The molecule has 1 aromatic heterocycles. The Labute approximate surface area is 178 Å². The van der Waals surface area contributed by atoms with Crippen molar-refractivity contribution in [1.29, 1.82) is 0 Å². The molecule has 1 aromatic carbocycles. The van der Waals surface area contributed by atoms with Crippen LogP contribution < -0.4 is 16.8 Å². The molecule has 1 aliphatic rings. The van der Waals surface area contributed by atoms with Crippen LogP contribution in [0.1, 0.15) is 62.4 Å². The topological polar surface area (TPSA) is 115 Å². The predicted molar refractivity (Wildman–Crippen MR) is 121 cm³/mol. The van der Waals surface area contributed by atoms with E-state index >= 15 is 0 Å². The van der Waals surface area contributed by atoms with Gasteiger partial charge in [0.2, 0.25) is 5.89 Å². The van der Waals surface area contributed by atoms with Crippen molar-refractivity contribution in [2.75, 3.05) is 13.1 Å². The number of hydrogen-bond donors (Lipinski definition) is 3. The molecule has 3 rings (SSSR count). The van der Waals surface area contributed by atoms with Gasteiger partial charge < -0.3 is 21.3 Å². The van der Waals surface area contributed by atoms with Gasteiger partial charge in [0.1, 0.15) is 5.82 Å². The summed E-state index contributed by atoms with van der Waals surface area (Å²) in [4.78, 5) is 8.87. The molecule has 0 bridgehead atoms. The normalized spacial score (nSPS) is 19.9. The first-order valence-corrected chi connectivity index (χ1v) is 10.4. The van der Waals surface area contributed by atoms with E-state index in [2.05, 4.69) is 54.9 Å². The summed E-state index contributed by atoms with van der Waals surface area (Å²) in [6.45, 7) is 12.0. The van der Waals surface area contributed by atoms with Crippen LogP contribution in [-0.4, -0.2) is 29.4 Å². The van der Waals surface area contributed by atoms with Crippen LogP contribution in [-0.2, 0) is 5.41 Å². The Morgan fingerprint density at radius 3 is 2.67 bits per heavy atom. The van der Waals surface area contributed by atoms with Crippen LogP contribution in [0.15, 0.2) is 52.4 Å². The Morgan fingerprint density at radius 2 is 2.10 bits per heavy atom. The highest BCUT2D eigenvalue weighted by atomic mass is 16.5. The van der Waals surface area contributed by atoms with Gasteiger partial charge in [0.05, 0.1) is 11.3 Å². The second-order valence-corrected chi connectivity index (χ2v) is 8.31. The molecular formula is C23H32N6O. The van der Waals surface area contributed by atoms with Crippen molar-refractivity contribution < 1.29 is 4.52 Å². The number of hydrogen-bond acceptors (Lipinski definition) is 7. The summed E-state index contributed by atoms with van der Waals surface area (Å²) >= 11 is 0. The summed E-state index contributed by atoms with van der Waals surface area (Å²) in [5.41, 5.74) is 13.7. The number of nitrogens with zero attached hydrogens (tertiary/aromatic N) is 3. The van der Waals surface area contributed by atoms with Crippen LogP contribution in [0.25, 0.3) is 5.57 Å². The number of nitrogens with two attached hydrogens (primary N) is 2. The zero-order chi connectivity index (χ0) is 21.7. The Bertz CT molecular complexity index is 921. The van der Waals surface area contributed by atoms with Gasteiger partial charge in [-0.15, -0.1) is 0 Å². The molecule has 7 heteroatoms. The van der Waals surface area contributed by atoms with Gasteiger partial charge in [0.25, 0.3) is 0 Å². The van der Waals surface area contributed by atoms with Crippen LogP contribution in [0.5, 0.6) is 0 Å². The van der Waals surface area contributed by atoms with Gasteiger partial charge in [0.15, 0.2) is 5.82 Å². The van der Waals surface area contributed by atoms with Gasteiger partial charge in [-0.25, -0.2) is 4.99 Å². The van der Waals surface area contributed by atoms with E-state index in [1.54, 1.807) is 6.21 Å². The molecule has 0 radical (unpaired) electrons. The number of allylic oxidation sites excluding steroid dienone is 1. The average molecular weight is 409 g/mol. The summed E-state index contributed by atoms with van der Waals surface area (Å²) < 4.78 is 5.69. The molecule has 0 aliphatic carbocycles. The molecule has 160 valence electrons. The molecule has 0 spiro atoms. The van der Waals surface area contributed by atoms with Crippen molar-refractivity contribution in [3.8, 4) is 0 Å². The molecule has 2 atom stereocenters. The minimum Gasteiger partial charge on any atom is -0.404 e. The maximum atomic E-state index is 5.77. The smallest absolute Gasteiger partial charge is 0.231 e. The molecule has 1 aliphatic heterocycles. The number of benzene rings is 1. The van der Waals surface area contributed by atoms with Gasteiger partial charge in [-0.1, -0.05) is 49.8 Å². The van der Waals surface area contributed by atoms with Crippen LogP contribution in [0.2, 0.25) is 0 Å². The minimum absolute atomic E-state index is 0.236. The van der Waals surface area contributed by atoms with Crippen LogP contribution >= 0.6 is 0 Å². The molecule has 2 unspecified atom stereocenters. The first kappa shape index (κ1) is 21.8. The lowest BCUT2D eigenvalue weighted by atomic mass is 9.72. The third-order valence-corrected chi connectivity index (χ3v) is 6.07. The highest BCUT2D eigenvalue weighted by molar-refractivity contribution is 6.09. The van der Waals surface area contributed by atoms with Crippen LogP contribution in [0.3, 0.4) is 0 Å². The molecular weight excluding hydrogens is 376 g/mol. The summed E-state index contributed by atoms with van der Waals surface area (Å²) in [6, 6.07) is 8.21. The van der Waals surface area contributed by atoms with Gasteiger partial charge in [0, 0.05) is 24.5 Å². The highest BCUT2D eigenvalue weighted by Gasteiger charge is 2.38. The fourth-order valence-electron chi connectivity index (χ4n) is 3.77. The van der Waals surface area contributed by atoms with Gasteiger partial charge in [-0.2, -0.15) is 4.98 Å². The summed E-state index contributed by atoms with van der Waals surface area (Å²) in [7, 11) is 0. The average Bonchev–Trinajstić information content (AvgIpc) is 3.25. The second-order valence-electron chi connectivity index (χ2n) is 8.31. The molecule has 30 heavy (non-hydrogen) atoms. The Hall–Kier alpha value is -2.93. The van der Waals surface area contributed by atoms with E-state index in [1.807, 2.05) is 12.1 Å². The largest absolute Gasteiger partial charge is 0.404 e.